The predicted molar refractivity (Wildman–Crippen MR) is 70.1 cm³/mol. The van der Waals surface area contributed by atoms with Crippen LogP contribution in [0.1, 0.15) is 6.42 Å². The molecule has 0 spiro atoms. The fourth-order valence-corrected chi connectivity index (χ4v) is 2.52. The fourth-order valence-electron chi connectivity index (χ4n) is 2.52. The summed E-state index contributed by atoms with van der Waals surface area (Å²) in [5, 5.41) is 34.2. The summed E-state index contributed by atoms with van der Waals surface area (Å²) in [6.45, 7) is -0.464. The van der Waals surface area contributed by atoms with Gasteiger partial charge in [0.1, 0.15) is 18.3 Å². The molecule has 5 unspecified atom stereocenters. The molecule has 0 aliphatic carbocycles. The molecule has 11 nitrogen and oxygen atoms in total. The number of nitrogens with one attached hydrogen (secondary N) is 1. The molecule has 5 atom stereocenters. The van der Waals surface area contributed by atoms with Gasteiger partial charge >= 0.3 is 6.03 Å². The second kappa shape index (κ2) is 6.90. The molecule has 122 valence electrons. The number of ether oxygens (including phenoxy) is 1. The Balaban J connectivity index is 2.07. The number of carbonyl (C=O) groups is 2. The molecular weight excluding hydrogens is 298 g/mol. The number of rotatable bonds is 5. The van der Waals surface area contributed by atoms with Crippen molar-refractivity contribution in [3.8, 4) is 0 Å². The van der Waals surface area contributed by atoms with Gasteiger partial charge in [0.15, 0.2) is 6.23 Å². The molecule has 3 amide bonds. The highest BCUT2D eigenvalue weighted by Crippen LogP contribution is 2.26. The maximum absolute atomic E-state index is 11.9. The van der Waals surface area contributed by atoms with Crippen molar-refractivity contribution in [2.24, 2.45) is 11.0 Å². The number of aliphatic hydroxyl groups excluding tert-OH is 3. The summed E-state index contributed by atoms with van der Waals surface area (Å²) in [7, 11) is 0. The quantitative estimate of drug-likeness (QED) is 0.267. The van der Waals surface area contributed by atoms with Crippen molar-refractivity contribution in [3.05, 3.63) is 10.4 Å². The Bertz CT molecular complexity index is 495. The molecule has 2 heterocycles. The van der Waals surface area contributed by atoms with Crippen LogP contribution in [0.5, 0.6) is 0 Å². The van der Waals surface area contributed by atoms with E-state index in [-0.39, 0.29) is 19.5 Å². The molecule has 0 saturated carbocycles. The summed E-state index contributed by atoms with van der Waals surface area (Å²) in [6, 6.07) is -0.750. The minimum atomic E-state index is -1.39. The van der Waals surface area contributed by atoms with Gasteiger partial charge in [0.2, 0.25) is 5.91 Å². The highest BCUT2D eigenvalue weighted by Gasteiger charge is 2.48. The van der Waals surface area contributed by atoms with Crippen molar-refractivity contribution in [1.82, 2.24) is 10.2 Å². The van der Waals surface area contributed by atoms with Crippen LogP contribution in [0.3, 0.4) is 0 Å². The lowest BCUT2D eigenvalue weighted by Gasteiger charge is -2.36. The van der Waals surface area contributed by atoms with Gasteiger partial charge in [-0.2, -0.15) is 0 Å². The number of hydrogen-bond donors (Lipinski definition) is 4. The molecule has 0 aromatic heterocycles. The van der Waals surface area contributed by atoms with E-state index in [0.717, 1.165) is 4.90 Å². The van der Waals surface area contributed by atoms with Crippen LogP contribution in [0, 0.1) is 5.92 Å². The molecule has 2 rings (SSSR count). The second-order valence-electron chi connectivity index (χ2n) is 5.12. The van der Waals surface area contributed by atoms with E-state index in [1.165, 1.54) is 0 Å². The number of amides is 3. The van der Waals surface area contributed by atoms with Gasteiger partial charge in [-0.1, -0.05) is 5.11 Å². The molecular formula is C11H17N5O6. The molecule has 0 aromatic rings. The first-order chi connectivity index (χ1) is 10.5. The zero-order valence-corrected chi connectivity index (χ0v) is 11.6. The van der Waals surface area contributed by atoms with Gasteiger partial charge < -0.3 is 20.1 Å². The van der Waals surface area contributed by atoms with Gasteiger partial charge in [0.05, 0.1) is 12.5 Å². The number of aliphatic hydroxyl groups is 3. The SMILES string of the molecule is [N-]=[N+]=NCCC1CN(C2OC(CO)C(O)C2O)C(=O)NC1=O. The lowest BCUT2D eigenvalue weighted by atomic mass is 10.0. The van der Waals surface area contributed by atoms with E-state index in [1.807, 2.05) is 0 Å². The number of azide groups is 1. The van der Waals surface area contributed by atoms with Crippen LogP contribution in [0.4, 0.5) is 4.79 Å². The molecule has 0 aromatic carbocycles. The van der Waals surface area contributed by atoms with E-state index >= 15 is 0 Å². The van der Waals surface area contributed by atoms with E-state index in [9.17, 15) is 19.8 Å². The maximum atomic E-state index is 11.9. The van der Waals surface area contributed by atoms with Crippen molar-refractivity contribution in [2.75, 3.05) is 19.7 Å². The summed E-state index contributed by atoms with van der Waals surface area (Å²) in [5.41, 5.74) is 8.24. The number of hydrogen-bond acceptors (Lipinski definition) is 7. The van der Waals surface area contributed by atoms with Gasteiger partial charge in [-0.25, -0.2) is 4.79 Å². The number of imide groups is 1. The molecule has 2 aliphatic rings. The second-order valence-corrected chi connectivity index (χ2v) is 5.12. The lowest BCUT2D eigenvalue weighted by molar-refractivity contribution is -0.131. The summed E-state index contributed by atoms with van der Waals surface area (Å²) in [5.74, 6) is -1.12. The van der Waals surface area contributed by atoms with Gasteiger partial charge in [0, 0.05) is 18.0 Å². The van der Waals surface area contributed by atoms with E-state index in [0.29, 0.717) is 0 Å². The summed E-state index contributed by atoms with van der Waals surface area (Å²) in [4.78, 5) is 27.3. The third-order valence-corrected chi connectivity index (χ3v) is 3.74. The van der Waals surface area contributed by atoms with Gasteiger partial charge in [-0.05, 0) is 12.0 Å². The van der Waals surface area contributed by atoms with Crippen molar-refractivity contribution in [3.63, 3.8) is 0 Å². The Morgan fingerprint density at radius 2 is 2.14 bits per heavy atom. The standard InChI is InChI=1S/C11H17N5O6/c12-15-13-2-1-5-3-16(11(21)14-9(5)20)10-8(19)7(18)6(4-17)22-10/h5-8,10,17-19H,1-4H2,(H,14,20,21). The normalized spacial score (nSPS) is 35.2. The molecule has 0 bridgehead atoms. The first kappa shape index (κ1) is 16.5. The Labute approximate surface area is 125 Å². The van der Waals surface area contributed by atoms with Gasteiger partial charge in [-0.3, -0.25) is 15.0 Å². The first-order valence-electron chi connectivity index (χ1n) is 6.74. The molecule has 11 heteroatoms. The van der Waals surface area contributed by atoms with E-state index in [2.05, 4.69) is 15.3 Å². The minimum Gasteiger partial charge on any atom is -0.394 e. The third-order valence-electron chi connectivity index (χ3n) is 3.74. The maximum Gasteiger partial charge on any atom is 0.326 e. The Kier molecular flexibility index (Phi) is 5.16. The van der Waals surface area contributed by atoms with Crippen LogP contribution in [-0.4, -0.2) is 76.4 Å². The Hall–Kier alpha value is -1.91. The van der Waals surface area contributed by atoms with Crippen LogP contribution < -0.4 is 5.32 Å². The largest absolute Gasteiger partial charge is 0.394 e. The Morgan fingerprint density at radius 3 is 2.73 bits per heavy atom. The molecule has 0 radical (unpaired) electrons. The third kappa shape index (κ3) is 3.13. The number of nitrogens with zero attached hydrogens (tertiary/aromatic N) is 4. The van der Waals surface area contributed by atoms with E-state index in [4.69, 9.17) is 15.4 Å². The zero-order valence-electron chi connectivity index (χ0n) is 11.6. The van der Waals surface area contributed by atoms with Crippen molar-refractivity contribution >= 4 is 11.9 Å². The van der Waals surface area contributed by atoms with Crippen LogP contribution in [0.15, 0.2) is 5.11 Å². The summed E-state index contributed by atoms with van der Waals surface area (Å²) < 4.78 is 5.28. The molecule has 4 N–H and O–H groups in total. The monoisotopic (exact) mass is 315 g/mol. The van der Waals surface area contributed by atoms with Gasteiger partial charge in [-0.15, -0.1) is 0 Å². The molecule has 2 saturated heterocycles. The topological polar surface area (TPSA) is 168 Å². The average Bonchev–Trinajstić information content (AvgIpc) is 2.77. The number of urea groups is 1. The lowest BCUT2D eigenvalue weighted by Crippen LogP contribution is -2.60. The fraction of sp³-hybridized carbons (Fsp3) is 0.818. The van der Waals surface area contributed by atoms with E-state index < -0.39 is 49.0 Å². The van der Waals surface area contributed by atoms with E-state index in [1.54, 1.807) is 0 Å². The van der Waals surface area contributed by atoms with Crippen molar-refractivity contribution in [1.29, 1.82) is 0 Å². The van der Waals surface area contributed by atoms with Crippen LogP contribution in [0.2, 0.25) is 0 Å². The van der Waals surface area contributed by atoms with Crippen LogP contribution in [-0.2, 0) is 9.53 Å². The van der Waals surface area contributed by atoms with Gasteiger partial charge in [0.25, 0.3) is 0 Å². The number of carbonyl (C=O) groups excluding carboxylic acids is 2. The van der Waals surface area contributed by atoms with Crippen molar-refractivity contribution < 1.29 is 29.6 Å². The summed E-state index contributed by atoms with van der Waals surface area (Å²) in [6.07, 6.45) is -4.67. The first-order valence-corrected chi connectivity index (χ1v) is 6.74. The zero-order chi connectivity index (χ0) is 16.3. The van der Waals surface area contributed by atoms with Crippen LogP contribution in [0.25, 0.3) is 10.4 Å². The molecule has 2 fully saturated rings. The molecule has 22 heavy (non-hydrogen) atoms. The average molecular weight is 315 g/mol. The summed E-state index contributed by atoms with van der Waals surface area (Å²) >= 11 is 0. The minimum absolute atomic E-state index is 0.0434. The van der Waals surface area contributed by atoms with Crippen molar-refractivity contribution in [2.45, 2.75) is 31.0 Å². The highest BCUT2D eigenvalue weighted by molar-refractivity contribution is 5.98. The molecule has 2 aliphatic heterocycles. The predicted octanol–water partition coefficient (Wildman–Crippen LogP) is -1.71. The smallest absolute Gasteiger partial charge is 0.326 e. The highest BCUT2D eigenvalue weighted by atomic mass is 16.6. The Morgan fingerprint density at radius 1 is 1.41 bits per heavy atom. The van der Waals surface area contributed by atoms with Crippen LogP contribution >= 0.6 is 0 Å².